The average molecular weight is 406 g/mol. The van der Waals surface area contributed by atoms with Crippen molar-refractivity contribution in [3.05, 3.63) is 71.9 Å². The Bertz CT molecular complexity index is 1060. The first-order valence-corrected chi connectivity index (χ1v) is 9.34. The van der Waals surface area contributed by atoms with Gasteiger partial charge in [0.25, 0.3) is 5.91 Å². The first-order valence-electron chi connectivity index (χ1n) is 9.34. The highest BCUT2D eigenvalue weighted by Gasteiger charge is 2.21. The summed E-state index contributed by atoms with van der Waals surface area (Å²) in [6.45, 7) is 1.26. The number of aromatic nitrogens is 2. The zero-order chi connectivity index (χ0) is 21.5. The molecule has 0 aliphatic rings. The lowest BCUT2D eigenvalue weighted by molar-refractivity contribution is -0.127. The molecule has 0 spiro atoms. The largest absolute Gasteiger partial charge is 0.452 e. The molecule has 8 heteroatoms. The van der Waals surface area contributed by atoms with E-state index in [1.807, 2.05) is 61.5 Å². The van der Waals surface area contributed by atoms with Gasteiger partial charge in [-0.1, -0.05) is 42.0 Å². The predicted molar refractivity (Wildman–Crippen MR) is 111 cm³/mol. The number of benzene rings is 2. The molecular weight excluding hydrogens is 384 g/mol. The number of carbonyl (C=O) groups excluding carboxylic acids is 3. The van der Waals surface area contributed by atoms with E-state index in [-0.39, 0.29) is 18.0 Å². The summed E-state index contributed by atoms with van der Waals surface area (Å²) in [7, 11) is 1.46. The number of rotatable bonds is 7. The number of carbonyl (C=O) groups is 3. The Hall–Kier alpha value is -3.94. The summed E-state index contributed by atoms with van der Waals surface area (Å²) >= 11 is 0. The third-order valence-electron chi connectivity index (χ3n) is 4.31. The van der Waals surface area contributed by atoms with Crippen molar-refractivity contribution in [2.24, 2.45) is 0 Å². The molecule has 2 amide bonds. The molecule has 2 N–H and O–H groups in total. The van der Waals surface area contributed by atoms with Crippen LogP contribution in [0.15, 0.2) is 60.8 Å². The van der Waals surface area contributed by atoms with Crippen LogP contribution in [0.5, 0.6) is 0 Å². The van der Waals surface area contributed by atoms with E-state index in [1.54, 1.807) is 10.9 Å². The zero-order valence-electron chi connectivity index (χ0n) is 16.7. The summed E-state index contributed by atoms with van der Waals surface area (Å²) in [4.78, 5) is 35.8. The number of ether oxygens (including phenoxy) is 1. The quantitative estimate of drug-likeness (QED) is 0.583. The van der Waals surface area contributed by atoms with Crippen molar-refractivity contribution >= 4 is 17.8 Å². The molecule has 1 aromatic heterocycles. The molecule has 2 aromatic carbocycles. The fourth-order valence-corrected chi connectivity index (χ4v) is 2.77. The number of nitrogens with one attached hydrogen (secondary N) is 2. The Morgan fingerprint density at radius 3 is 2.50 bits per heavy atom. The van der Waals surface area contributed by atoms with Crippen molar-refractivity contribution in [2.75, 3.05) is 20.2 Å². The summed E-state index contributed by atoms with van der Waals surface area (Å²) in [5, 5.41) is 9.34. The molecule has 154 valence electrons. The number of para-hydroxylation sites is 1. The summed E-state index contributed by atoms with van der Waals surface area (Å²) in [6.07, 6.45) is 1.58. The lowest BCUT2D eigenvalue weighted by atomic mass is 10.1. The Morgan fingerprint density at radius 1 is 1.03 bits per heavy atom. The topological polar surface area (TPSA) is 102 Å². The van der Waals surface area contributed by atoms with Gasteiger partial charge in [-0.15, -0.1) is 0 Å². The highest BCUT2D eigenvalue weighted by Crippen LogP contribution is 2.25. The maximum Gasteiger partial charge on any atom is 0.342 e. The Kier molecular flexibility index (Phi) is 6.59. The molecule has 3 rings (SSSR count). The van der Waals surface area contributed by atoms with Crippen LogP contribution in [0, 0.1) is 6.92 Å². The van der Waals surface area contributed by atoms with Crippen LogP contribution in [-0.2, 0) is 14.3 Å². The number of hydrogen-bond acceptors (Lipinski definition) is 5. The average Bonchev–Trinajstić information content (AvgIpc) is 3.22. The number of likely N-dealkylation sites (N-methyl/N-ethyl adjacent to an activating group) is 1. The second-order valence-electron chi connectivity index (χ2n) is 6.57. The van der Waals surface area contributed by atoms with Gasteiger partial charge in [-0.2, -0.15) is 5.10 Å². The third-order valence-corrected chi connectivity index (χ3v) is 4.31. The summed E-state index contributed by atoms with van der Waals surface area (Å²) in [5.41, 5.74) is 3.27. The number of amides is 2. The van der Waals surface area contributed by atoms with Crippen LogP contribution in [0.25, 0.3) is 16.9 Å². The molecule has 0 bridgehead atoms. The van der Waals surface area contributed by atoms with Crippen LogP contribution >= 0.6 is 0 Å². The minimum Gasteiger partial charge on any atom is -0.452 e. The monoisotopic (exact) mass is 406 g/mol. The minimum atomic E-state index is -0.677. The van der Waals surface area contributed by atoms with Crippen molar-refractivity contribution in [2.45, 2.75) is 6.92 Å². The second-order valence-corrected chi connectivity index (χ2v) is 6.57. The summed E-state index contributed by atoms with van der Waals surface area (Å²) < 4.78 is 6.76. The summed E-state index contributed by atoms with van der Waals surface area (Å²) in [6, 6.07) is 17.0. The normalized spacial score (nSPS) is 10.3. The fraction of sp³-hybridized carbons (Fsp3) is 0.182. The Labute approximate surface area is 173 Å². The lowest BCUT2D eigenvalue weighted by Gasteiger charge is -2.06. The zero-order valence-corrected chi connectivity index (χ0v) is 16.7. The van der Waals surface area contributed by atoms with Gasteiger partial charge in [0, 0.05) is 18.8 Å². The number of hydrogen-bond donors (Lipinski definition) is 2. The van der Waals surface area contributed by atoms with Gasteiger partial charge in [-0.3, -0.25) is 9.59 Å². The fourth-order valence-electron chi connectivity index (χ4n) is 2.77. The van der Waals surface area contributed by atoms with E-state index in [0.717, 1.165) is 16.8 Å². The van der Waals surface area contributed by atoms with Crippen LogP contribution < -0.4 is 10.6 Å². The lowest BCUT2D eigenvalue weighted by Crippen LogP contribution is -2.37. The molecule has 0 fully saturated rings. The van der Waals surface area contributed by atoms with Gasteiger partial charge in [0.15, 0.2) is 6.61 Å². The van der Waals surface area contributed by atoms with Crippen LogP contribution in [0.1, 0.15) is 15.9 Å². The molecule has 1 heterocycles. The molecule has 30 heavy (non-hydrogen) atoms. The molecule has 0 aliphatic carbocycles. The van der Waals surface area contributed by atoms with Crippen LogP contribution in [0.4, 0.5) is 0 Å². The van der Waals surface area contributed by atoms with Crippen molar-refractivity contribution < 1.29 is 19.1 Å². The van der Waals surface area contributed by atoms with Gasteiger partial charge < -0.3 is 15.4 Å². The first kappa shape index (κ1) is 20.8. The minimum absolute atomic E-state index is 0.187. The van der Waals surface area contributed by atoms with Gasteiger partial charge in [-0.25, -0.2) is 9.48 Å². The van der Waals surface area contributed by atoms with Gasteiger partial charge in [-0.05, 0) is 25.1 Å². The molecule has 0 saturated heterocycles. The Balaban J connectivity index is 1.83. The number of nitrogens with zero attached hydrogens (tertiary/aromatic N) is 2. The van der Waals surface area contributed by atoms with Crippen LogP contribution in [-0.4, -0.2) is 47.8 Å². The molecule has 8 nitrogen and oxygen atoms in total. The second kappa shape index (κ2) is 9.51. The van der Waals surface area contributed by atoms with E-state index < -0.39 is 18.5 Å². The van der Waals surface area contributed by atoms with Gasteiger partial charge in [0.05, 0.1) is 12.2 Å². The van der Waals surface area contributed by atoms with E-state index in [1.165, 1.54) is 7.05 Å². The molecule has 0 saturated carbocycles. The molecule has 0 aliphatic heterocycles. The van der Waals surface area contributed by atoms with Crippen LogP contribution in [0.2, 0.25) is 0 Å². The maximum atomic E-state index is 12.7. The van der Waals surface area contributed by atoms with Gasteiger partial charge in [0.2, 0.25) is 5.91 Å². The van der Waals surface area contributed by atoms with Crippen molar-refractivity contribution in [1.82, 2.24) is 20.4 Å². The maximum absolute atomic E-state index is 12.7. The molecule has 0 unspecified atom stereocenters. The predicted octanol–water partition coefficient (Wildman–Crippen LogP) is 1.87. The van der Waals surface area contributed by atoms with E-state index >= 15 is 0 Å². The third kappa shape index (κ3) is 5.11. The number of esters is 1. The standard InChI is InChI=1S/C22H22N4O4/c1-15-7-6-8-16(11-15)21-18(13-26(25-21)17-9-4-3-5-10-17)22(29)30-14-20(28)24-12-19(27)23-2/h3-11,13H,12,14H2,1-2H3,(H,23,27)(H,24,28). The highest BCUT2D eigenvalue weighted by molar-refractivity contribution is 5.97. The van der Waals surface area contributed by atoms with Crippen molar-refractivity contribution in [1.29, 1.82) is 0 Å². The van der Waals surface area contributed by atoms with Crippen molar-refractivity contribution in [3.63, 3.8) is 0 Å². The van der Waals surface area contributed by atoms with Gasteiger partial charge in [0.1, 0.15) is 11.3 Å². The molecule has 3 aromatic rings. The van der Waals surface area contributed by atoms with Crippen molar-refractivity contribution in [3.8, 4) is 16.9 Å². The van der Waals surface area contributed by atoms with Crippen LogP contribution in [0.3, 0.4) is 0 Å². The smallest absolute Gasteiger partial charge is 0.342 e. The van der Waals surface area contributed by atoms with E-state index in [0.29, 0.717) is 5.69 Å². The molecule has 0 radical (unpaired) electrons. The Morgan fingerprint density at radius 2 is 1.80 bits per heavy atom. The van der Waals surface area contributed by atoms with E-state index in [9.17, 15) is 14.4 Å². The molecule has 0 atom stereocenters. The molecular formula is C22H22N4O4. The first-order chi connectivity index (χ1) is 14.5. The number of aryl methyl sites for hydroxylation is 1. The highest BCUT2D eigenvalue weighted by atomic mass is 16.5. The van der Waals surface area contributed by atoms with E-state index in [4.69, 9.17) is 4.74 Å². The SMILES string of the molecule is CNC(=O)CNC(=O)COC(=O)c1cn(-c2ccccc2)nc1-c1cccc(C)c1. The van der Waals surface area contributed by atoms with E-state index in [2.05, 4.69) is 15.7 Å². The van der Waals surface area contributed by atoms with Gasteiger partial charge >= 0.3 is 5.97 Å². The summed E-state index contributed by atoms with van der Waals surface area (Å²) in [5.74, 6) is -1.59.